The van der Waals surface area contributed by atoms with Gasteiger partial charge in [0.2, 0.25) is 0 Å². The van der Waals surface area contributed by atoms with E-state index in [9.17, 15) is 9.90 Å². The summed E-state index contributed by atoms with van der Waals surface area (Å²) in [7, 11) is 1.60. The van der Waals surface area contributed by atoms with Gasteiger partial charge in [0.1, 0.15) is 35.5 Å². The maximum absolute atomic E-state index is 12.2. The fourth-order valence-electron chi connectivity index (χ4n) is 2.20. The highest BCUT2D eigenvalue weighted by molar-refractivity contribution is 6.06. The number of amides is 1. The number of hydrogen-bond donors (Lipinski definition) is 3. The number of carbonyl (C=O) groups is 1. The van der Waals surface area contributed by atoms with Crippen molar-refractivity contribution in [3.8, 4) is 23.3 Å². The summed E-state index contributed by atoms with van der Waals surface area (Å²) >= 11 is 0. The molecule has 2 aromatic carbocycles. The van der Waals surface area contributed by atoms with Crippen LogP contribution in [0.3, 0.4) is 0 Å². The summed E-state index contributed by atoms with van der Waals surface area (Å²) < 4.78 is 10.6. The van der Waals surface area contributed by atoms with Crippen molar-refractivity contribution in [2.24, 2.45) is 0 Å². The van der Waals surface area contributed by atoms with Gasteiger partial charge in [0.25, 0.3) is 5.91 Å². The van der Waals surface area contributed by atoms with Crippen LogP contribution < -0.4 is 20.1 Å². The first kappa shape index (κ1) is 19.7. The standard InChI is InChI=1S/C20H21N3O4/c1-14-11-16(24)3-8-19(14)23-20(25)15(12-21)13-22-9-10-27-18-6-4-17(26-2)5-7-18/h3-8,11,13,22,24H,9-10H2,1-2H3,(H,23,25)/b15-13-. The molecule has 140 valence electrons. The van der Waals surface area contributed by atoms with Gasteiger partial charge < -0.3 is 25.2 Å². The molecule has 7 nitrogen and oxygen atoms in total. The number of nitrogens with zero attached hydrogens (tertiary/aromatic N) is 1. The second kappa shape index (κ2) is 9.73. The molecule has 0 unspecified atom stereocenters. The lowest BCUT2D eigenvalue weighted by molar-refractivity contribution is -0.112. The Kier molecular flexibility index (Phi) is 7.08. The van der Waals surface area contributed by atoms with E-state index >= 15 is 0 Å². The lowest BCUT2D eigenvalue weighted by Crippen LogP contribution is -2.20. The Morgan fingerprint density at radius 3 is 2.56 bits per heavy atom. The van der Waals surface area contributed by atoms with Crippen LogP contribution in [0.5, 0.6) is 17.2 Å². The molecule has 0 bridgehead atoms. The number of phenolic OH excluding ortho intramolecular Hbond substituents is 1. The predicted octanol–water partition coefficient (Wildman–Crippen LogP) is 2.72. The normalized spacial score (nSPS) is 10.6. The monoisotopic (exact) mass is 367 g/mol. The molecular formula is C20H21N3O4. The van der Waals surface area contributed by atoms with Gasteiger partial charge in [-0.25, -0.2) is 0 Å². The number of methoxy groups -OCH3 is 1. The summed E-state index contributed by atoms with van der Waals surface area (Å²) in [6.45, 7) is 2.53. The highest BCUT2D eigenvalue weighted by Gasteiger charge is 2.10. The Labute approximate surface area is 157 Å². The van der Waals surface area contributed by atoms with E-state index in [1.807, 2.05) is 6.07 Å². The molecule has 1 amide bonds. The molecule has 0 spiro atoms. The molecule has 0 heterocycles. The van der Waals surface area contributed by atoms with Crippen LogP contribution >= 0.6 is 0 Å². The molecule has 3 N–H and O–H groups in total. The molecule has 0 saturated heterocycles. The van der Waals surface area contributed by atoms with E-state index in [4.69, 9.17) is 14.7 Å². The van der Waals surface area contributed by atoms with Crippen molar-refractivity contribution >= 4 is 11.6 Å². The van der Waals surface area contributed by atoms with Gasteiger partial charge in [-0.1, -0.05) is 0 Å². The summed E-state index contributed by atoms with van der Waals surface area (Å²) in [6.07, 6.45) is 1.35. The molecule has 7 heteroatoms. The number of benzene rings is 2. The van der Waals surface area contributed by atoms with E-state index in [-0.39, 0.29) is 11.3 Å². The van der Waals surface area contributed by atoms with Gasteiger partial charge in [-0.15, -0.1) is 0 Å². The minimum Gasteiger partial charge on any atom is -0.508 e. The van der Waals surface area contributed by atoms with Gasteiger partial charge in [0, 0.05) is 18.4 Å². The zero-order valence-corrected chi connectivity index (χ0v) is 15.2. The maximum atomic E-state index is 12.2. The number of anilines is 1. The summed E-state index contributed by atoms with van der Waals surface area (Å²) in [4.78, 5) is 12.2. The SMILES string of the molecule is COc1ccc(OCCN/C=C(/C#N)C(=O)Nc2ccc(O)cc2C)cc1. The number of aryl methyl sites for hydroxylation is 1. The molecule has 0 aromatic heterocycles. The lowest BCUT2D eigenvalue weighted by Gasteiger charge is -2.09. The van der Waals surface area contributed by atoms with Crippen molar-refractivity contribution < 1.29 is 19.4 Å². The molecule has 0 aliphatic heterocycles. The molecule has 0 atom stereocenters. The van der Waals surface area contributed by atoms with Crippen LogP contribution in [0.25, 0.3) is 0 Å². The quantitative estimate of drug-likeness (QED) is 0.287. The van der Waals surface area contributed by atoms with Crippen molar-refractivity contribution in [2.45, 2.75) is 6.92 Å². The minimum atomic E-state index is -0.533. The average Bonchev–Trinajstić information content (AvgIpc) is 2.67. The van der Waals surface area contributed by atoms with Crippen molar-refractivity contribution in [2.75, 3.05) is 25.6 Å². The third kappa shape index (κ3) is 5.97. The number of nitriles is 1. The van der Waals surface area contributed by atoms with Crippen molar-refractivity contribution in [1.29, 1.82) is 5.26 Å². The highest BCUT2D eigenvalue weighted by atomic mass is 16.5. The molecule has 0 saturated carbocycles. The highest BCUT2D eigenvalue weighted by Crippen LogP contribution is 2.20. The fraction of sp³-hybridized carbons (Fsp3) is 0.200. The van der Waals surface area contributed by atoms with Crippen LogP contribution in [0.1, 0.15) is 5.56 Å². The van der Waals surface area contributed by atoms with Gasteiger partial charge >= 0.3 is 0 Å². The molecular weight excluding hydrogens is 346 g/mol. The second-order valence-corrected chi connectivity index (χ2v) is 5.60. The molecule has 0 radical (unpaired) electrons. The van der Waals surface area contributed by atoms with Gasteiger partial charge in [-0.2, -0.15) is 5.26 Å². The van der Waals surface area contributed by atoms with Crippen LogP contribution in [0.4, 0.5) is 5.69 Å². The zero-order chi connectivity index (χ0) is 19.6. The van der Waals surface area contributed by atoms with Gasteiger partial charge in [0.05, 0.1) is 7.11 Å². The minimum absolute atomic E-state index is 0.0630. The Bertz CT molecular complexity index is 855. The molecule has 2 aromatic rings. The number of aromatic hydroxyl groups is 1. The Morgan fingerprint density at radius 1 is 1.22 bits per heavy atom. The van der Waals surface area contributed by atoms with E-state index in [2.05, 4.69) is 10.6 Å². The molecule has 2 rings (SSSR count). The Hall–Kier alpha value is -3.66. The van der Waals surface area contributed by atoms with Crippen LogP contribution in [0.2, 0.25) is 0 Å². The Morgan fingerprint density at radius 2 is 1.93 bits per heavy atom. The Balaban J connectivity index is 1.82. The molecule has 0 aliphatic carbocycles. The topological polar surface area (TPSA) is 104 Å². The molecule has 0 aliphatic rings. The first-order chi connectivity index (χ1) is 13.0. The first-order valence-electron chi connectivity index (χ1n) is 8.25. The van der Waals surface area contributed by atoms with Gasteiger partial charge in [-0.3, -0.25) is 4.79 Å². The van der Waals surface area contributed by atoms with Crippen molar-refractivity contribution in [3.05, 3.63) is 59.8 Å². The molecule has 27 heavy (non-hydrogen) atoms. The van der Waals surface area contributed by atoms with E-state index in [0.29, 0.717) is 30.2 Å². The summed E-state index contributed by atoms with van der Waals surface area (Å²) in [5.41, 5.74) is 1.16. The van der Waals surface area contributed by atoms with Crippen LogP contribution in [0, 0.1) is 18.3 Å². The van der Waals surface area contributed by atoms with Crippen LogP contribution in [0.15, 0.2) is 54.2 Å². The number of phenols is 1. The van der Waals surface area contributed by atoms with Crippen LogP contribution in [-0.2, 0) is 4.79 Å². The third-order valence-electron chi connectivity index (χ3n) is 3.64. The number of ether oxygens (including phenoxy) is 2. The number of carbonyl (C=O) groups excluding carboxylic acids is 1. The zero-order valence-electron chi connectivity index (χ0n) is 15.2. The summed E-state index contributed by atoms with van der Waals surface area (Å²) in [5.74, 6) is 1.02. The summed E-state index contributed by atoms with van der Waals surface area (Å²) in [6, 6.07) is 13.6. The third-order valence-corrected chi connectivity index (χ3v) is 3.64. The van der Waals surface area contributed by atoms with E-state index in [0.717, 1.165) is 5.75 Å². The van der Waals surface area contributed by atoms with E-state index in [1.54, 1.807) is 44.4 Å². The largest absolute Gasteiger partial charge is 0.508 e. The number of rotatable bonds is 8. The second-order valence-electron chi connectivity index (χ2n) is 5.60. The predicted molar refractivity (Wildman–Crippen MR) is 102 cm³/mol. The first-order valence-corrected chi connectivity index (χ1v) is 8.25. The van der Waals surface area contributed by atoms with E-state index < -0.39 is 5.91 Å². The van der Waals surface area contributed by atoms with E-state index in [1.165, 1.54) is 18.3 Å². The van der Waals surface area contributed by atoms with Gasteiger partial charge in [0.15, 0.2) is 0 Å². The van der Waals surface area contributed by atoms with Gasteiger partial charge in [-0.05, 0) is 55.0 Å². The lowest BCUT2D eigenvalue weighted by atomic mass is 10.2. The smallest absolute Gasteiger partial charge is 0.267 e. The van der Waals surface area contributed by atoms with Crippen LogP contribution in [-0.4, -0.2) is 31.3 Å². The van der Waals surface area contributed by atoms with Crippen molar-refractivity contribution in [1.82, 2.24) is 5.32 Å². The molecule has 0 fully saturated rings. The maximum Gasteiger partial charge on any atom is 0.267 e. The number of nitrogens with one attached hydrogen (secondary N) is 2. The average molecular weight is 367 g/mol. The summed E-state index contributed by atoms with van der Waals surface area (Å²) in [5, 5.41) is 24.1. The van der Waals surface area contributed by atoms with Crippen molar-refractivity contribution in [3.63, 3.8) is 0 Å². The number of hydrogen-bond acceptors (Lipinski definition) is 6. The fourth-order valence-corrected chi connectivity index (χ4v) is 2.20.